The van der Waals surface area contributed by atoms with Crippen molar-refractivity contribution in [2.24, 2.45) is 0 Å². The van der Waals surface area contributed by atoms with Crippen LogP contribution in [0.1, 0.15) is 22.3 Å². The fraction of sp³-hybridized carbons (Fsp3) is 0.263. The third kappa shape index (κ3) is 2.81. The Morgan fingerprint density at radius 3 is 2.12 bits per heavy atom. The number of ether oxygens (including phenoxy) is 1. The van der Waals surface area contributed by atoms with Crippen LogP contribution >= 0.6 is 0 Å². The predicted octanol–water partition coefficient (Wildman–Crippen LogP) is 5.49. The largest absolute Gasteiger partial charge is 0.507 e. The number of nitrogens with one attached hydrogen (secondary N) is 1. The molecule has 0 fully saturated rings. The molecule has 0 unspecified atom stereocenters. The maximum absolute atomic E-state index is 13.2. The summed E-state index contributed by atoms with van der Waals surface area (Å²) in [6, 6.07) is 6.10. The zero-order valence-electron chi connectivity index (χ0n) is 14.3. The Kier molecular flexibility index (Phi) is 3.94. The van der Waals surface area contributed by atoms with E-state index in [1.807, 2.05) is 19.1 Å². The smallest absolute Gasteiger partial charge is 0.420 e. The van der Waals surface area contributed by atoms with Gasteiger partial charge in [-0.05, 0) is 67.3 Å². The Morgan fingerprint density at radius 1 is 1.00 bits per heavy atom. The molecule has 0 atom stereocenters. The van der Waals surface area contributed by atoms with E-state index >= 15 is 0 Å². The van der Waals surface area contributed by atoms with Gasteiger partial charge in [-0.1, -0.05) is 0 Å². The first kappa shape index (κ1) is 17.2. The summed E-state index contributed by atoms with van der Waals surface area (Å²) in [7, 11) is 1.23. The van der Waals surface area contributed by atoms with Crippen LogP contribution in [0, 0.1) is 20.8 Å². The van der Waals surface area contributed by atoms with Gasteiger partial charge in [0.25, 0.3) is 0 Å². The number of aromatic hydroxyl groups is 1. The number of phenols is 1. The number of aromatic nitrogens is 1. The van der Waals surface area contributed by atoms with Crippen LogP contribution in [0.2, 0.25) is 0 Å². The lowest BCUT2D eigenvalue weighted by molar-refractivity contribution is -0.138. The van der Waals surface area contributed by atoms with Crippen LogP contribution in [0.3, 0.4) is 0 Å². The van der Waals surface area contributed by atoms with Crippen molar-refractivity contribution in [1.29, 1.82) is 0 Å². The molecule has 6 heteroatoms. The highest BCUT2D eigenvalue weighted by molar-refractivity contribution is 5.92. The number of hydrogen-bond donors (Lipinski definition) is 2. The van der Waals surface area contributed by atoms with Crippen LogP contribution in [-0.4, -0.2) is 17.2 Å². The third-order valence-corrected chi connectivity index (χ3v) is 4.46. The number of aromatic amines is 1. The summed E-state index contributed by atoms with van der Waals surface area (Å²) in [6.45, 7) is 5.42. The second-order valence-electron chi connectivity index (χ2n) is 6.18. The molecule has 3 aromatic rings. The minimum atomic E-state index is -4.50. The number of rotatable bonds is 2. The monoisotopic (exact) mass is 349 g/mol. The molecule has 0 saturated heterocycles. The Balaban J connectivity index is 2.27. The van der Waals surface area contributed by atoms with Gasteiger partial charge in [0.15, 0.2) is 0 Å². The molecular weight excluding hydrogens is 331 g/mol. The van der Waals surface area contributed by atoms with Gasteiger partial charge in [-0.2, -0.15) is 13.2 Å². The SMILES string of the molecule is COc1cc2c(C)c(-c3cc(C)c(O)c(C)c3)[nH]c2cc1C(F)(F)F. The first-order chi connectivity index (χ1) is 11.6. The Morgan fingerprint density at radius 2 is 1.60 bits per heavy atom. The molecule has 1 aromatic heterocycles. The number of fused-ring (bicyclic) bond motifs is 1. The number of methoxy groups -OCH3 is 1. The summed E-state index contributed by atoms with van der Waals surface area (Å²) in [4.78, 5) is 3.08. The predicted molar refractivity (Wildman–Crippen MR) is 91.2 cm³/mol. The first-order valence-electron chi connectivity index (χ1n) is 7.71. The van der Waals surface area contributed by atoms with E-state index in [1.165, 1.54) is 13.2 Å². The fourth-order valence-electron chi connectivity index (χ4n) is 3.14. The summed E-state index contributed by atoms with van der Waals surface area (Å²) in [5.74, 6) is 0.0188. The maximum Gasteiger partial charge on any atom is 0.420 e. The minimum Gasteiger partial charge on any atom is -0.507 e. The summed E-state index contributed by atoms with van der Waals surface area (Å²) in [5, 5.41) is 10.6. The topological polar surface area (TPSA) is 45.2 Å². The van der Waals surface area contributed by atoms with Crippen LogP contribution in [0.25, 0.3) is 22.2 Å². The van der Waals surface area contributed by atoms with Crippen LogP contribution in [-0.2, 0) is 6.18 Å². The van der Waals surface area contributed by atoms with Gasteiger partial charge in [0, 0.05) is 16.6 Å². The average molecular weight is 349 g/mol. The van der Waals surface area contributed by atoms with Crippen LogP contribution in [0.15, 0.2) is 24.3 Å². The van der Waals surface area contributed by atoms with Crippen molar-refractivity contribution in [3.63, 3.8) is 0 Å². The van der Waals surface area contributed by atoms with Gasteiger partial charge < -0.3 is 14.8 Å². The molecule has 0 bridgehead atoms. The van der Waals surface area contributed by atoms with Crippen molar-refractivity contribution >= 4 is 10.9 Å². The zero-order valence-corrected chi connectivity index (χ0v) is 14.3. The molecule has 0 amide bonds. The lowest BCUT2D eigenvalue weighted by atomic mass is 10.0. The summed E-state index contributed by atoms with van der Waals surface area (Å²) in [5.41, 5.74) is 3.36. The second-order valence-corrected chi connectivity index (χ2v) is 6.18. The highest BCUT2D eigenvalue weighted by Gasteiger charge is 2.35. The number of hydrogen-bond acceptors (Lipinski definition) is 2. The molecule has 0 saturated carbocycles. The summed E-state index contributed by atoms with van der Waals surface area (Å²) >= 11 is 0. The normalized spacial score (nSPS) is 12.0. The molecule has 132 valence electrons. The number of halogens is 3. The molecule has 0 spiro atoms. The molecule has 1 heterocycles. The number of phenolic OH excluding ortho intramolecular Hbond substituents is 1. The number of alkyl halides is 3. The average Bonchev–Trinajstić information content (AvgIpc) is 2.86. The van der Waals surface area contributed by atoms with E-state index < -0.39 is 11.7 Å². The molecular formula is C19H18F3NO2. The Hall–Kier alpha value is -2.63. The highest BCUT2D eigenvalue weighted by Crippen LogP contribution is 2.41. The van der Waals surface area contributed by atoms with Gasteiger partial charge in [-0.3, -0.25) is 0 Å². The van der Waals surface area contributed by atoms with E-state index in [0.717, 1.165) is 22.9 Å². The van der Waals surface area contributed by atoms with Crippen molar-refractivity contribution in [2.75, 3.05) is 7.11 Å². The lowest BCUT2D eigenvalue weighted by Crippen LogP contribution is -2.07. The summed E-state index contributed by atoms with van der Waals surface area (Å²) in [6.07, 6.45) is -4.50. The van der Waals surface area contributed by atoms with Crippen LogP contribution in [0.4, 0.5) is 13.2 Å². The quantitative estimate of drug-likeness (QED) is 0.642. The van der Waals surface area contributed by atoms with E-state index in [2.05, 4.69) is 4.98 Å². The van der Waals surface area contributed by atoms with Gasteiger partial charge in [-0.25, -0.2) is 0 Å². The number of H-pyrrole nitrogens is 1. The first-order valence-corrected chi connectivity index (χ1v) is 7.71. The maximum atomic E-state index is 13.2. The molecule has 0 aliphatic heterocycles. The Bertz CT molecular complexity index is 948. The van der Waals surface area contributed by atoms with Crippen molar-refractivity contribution in [3.8, 4) is 22.8 Å². The molecule has 0 radical (unpaired) electrons. The number of aryl methyl sites for hydroxylation is 3. The molecule has 0 aliphatic carbocycles. The van der Waals surface area contributed by atoms with Crippen LogP contribution < -0.4 is 4.74 Å². The van der Waals surface area contributed by atoms with Gasteiger partial charge in [0.05, 0.1) is 12.7 Å². The molecule has 3 rings (SSSR count). The molecule has 2 aromatic carbocycles. The molecule has 0 aliphatic rings. The van der Waals surface area contributed by atoms with Gasteiger partial charge in [0.1, 0.15) is 11.5 Å². The summed E-state index contributed by atoms with van der Waals surface area (Å²) < 4.78 is 44.6. The Labute approximate surface area is 143 Å². The fourth-order valence-corrected chi connectivity index (χ4v) is 3.14. The third-order valence-electron chi connectivity index (χ3n) is 4.46. The lowest BCUT2D eigenvalue weighted by Gasteiger charge is -2.12. The van der Waals surface area contributed by atoms with E-state index in [0.29, 0.717) is 22.0 Å². The van der Waals surface area contributed by atoms with E-state index in [9.17, 15) is 18.3 Å². The van der Waals surface area contributed by atoms with Gasteiger partial charge >= 0.3 is 6.18 Å². The second kappa shape index (κ2) is 5.72. The minimum absolute atomic E-state index is 0.202. The van der Waals surface area contributed by atoms with Crippen molar-refractivity contribution < 1.29 is 23.0 Å². The zero-order chi connectivity index (χ0) is 18.5. The molecule has 3 nitrogen and oxygen atoms in total. The molecule has 25 heavy (non-hydrogen) atoms. The van der Waals surface area contributed by atoms with E-state index in [4.69, 9.17) is 4.74 Å². The van der Waals surface area contributed by atoms with E-state index in [1.54, 1.807) is 13.8 Å². The van der Waals surface area contributed by atoms with Crippen molar-refractivity contribution in [1.82, 2.24) is 4.98 Å². The van der Waals surface area contributed by atoms with Crippen molar-refractivity contribution in [2.45, 2.75) is 26.9 Å². The highest BCUT2D eigenvalue weighted by atomic mass is 19.4. The number of benzene rings is 2. The van der Waals surface area contributed by atoms with E-state index in [-0.39, 0.29) is 11.5 Å². The molecule has 2 N–H and O–H groups in total. The standard InChI is InChI=1S/C19H18F3NO2/c1-9-5-12(6-10(2)18(9)24)17-11(3)13-7-16(25-4)14(19(20,21)22)8-15(13)23-17/h5-8,23-24H,1-4H3. The van der Waals surface area contributed by atoms with Crippen LogP contribution in [0.5, 0.6) is 11.5 Å². The van der Waals surface area contributed by atoms with Gasteiger partial charge in [0.2, 0.25) is 0 Å². The van der Waals surface area contributed by atoms with Gasteiger partial charge in [-0.15, -0.1) is 0 Å². The van der Waals surface area contributed by atoms with Crippen molar-refractivity contribution in [3.05, 3.63) is 46.5 Å².